The predicted molar refractivity (Wildman–Crippen MR) is 93.2 cm³/mol. The third-order valence-corrected chi connectivity index (χ3v) is 4.27. The molecule has 0 aliphatic carbocycles. The minimum atomic E-state index is 0.278. The van der Waals surface area contributed by atoms with Gasteiger partial charge >= 0.3 is 0 Å². The Bertz CT molecular complexity index is 623. The van der Waals surface area contributed by atoms with E-state index in [9.17, 15) is 5.11 Å². The van der Waals surface area contributed by atoms with Crippen LogP contribution in [0.15, 0.2) is 48.5 Å². The van der Waals surface area contributed by atoms with Crippen molar-refractivity contribution in [3.05, 3.63) is 54.1 Å². The molecule has 1 aliphatic heterocycles. The van der Waals surface area contributed by atoms with E-state index in [4.69, 9.17) is 4.74 Å². The average Bonchev–Trinajstić information content (AvgIpc) is 2.60. The molecular weight excluding hydrogens is 288 g/mol. The van der Waals surface area contributed by atoms with Gasteiger partial charge in [-0.25, -0.2) is 0 Å². The molecule has 1 aliphatic rings. The van der Waals surface area contributed by atoms with Gasteiger partial charge in [-0.2, -0.15) is 0 Å². The lowest BCUT2D eigenvalue weighted by Crippen LogP contribution is -2.45. The summed E-state index contributed by atoms with van der Waals surface area (Å²) in [4.78, 5) is 4.79. The summed E-state index contributed by atoms with van der Waals surface area (Å²) in [5.74, 6) is 0.854. The van der Waals surface area contributed by atoms with Crippen LogP contribution in [0.25, 0.3) is 0 Å². The van der Waals surface area contributed by atoms with Crippen molar-refractivity contribution in [3.63, 3.8) is 0 Å². The van der Waals surface area contributed by atoms with Gasteiger partial charge < -0.3 is 14.7 Å². The first-order valence-electron chi connectivity index (χ1n) is 8.24. The molecule has 3 rings (SSSR count). The van der Waals surface area contributed by atoms with Gasteiger partial charge in [-0.3, -0.25) is 4.90 Å². The number of piperazine rings is 1. The first-order valence-corrected chi connectivity index (χ1v) is 8.24. The van der Waals surface area contributed by atoms with E-state index in [1.165, 1.54) is 5.69 Å². The number of aromatic hydroxyl groups is 1. The lowest BCUT2D eigenvalue weighted by atomic mass is 10.1. The predicted octanol–water partition coefficient (Wildman–Crippen LogP) is 3.11. The second-order valence-electron chi connectivity index (χ2n) is 5.80. The maximum absolute atomic E-state index is 10.3. The number of phenols is 1. The summed E-state index contributed by atoms with van der Waals surface area (Å²) in [6.45, 7) is 7.25. The summed E-state index contributed by atoms with van der Waals surface area (Å²) in [6, 6.07) is 16.3. The topological polar surface area (TPSA) is 35.9 Å². The molecule has 0 saturated carbocycles. The molecule has 122 valence electrons. The second kappa shape index (κ2) is 7.38. The van der Waals surface area contributed by atoms with Crippen LogP contribution >= 0.6 is 0 Å². The standard InChI is InChI=1S/C19H24N2O2/c1-2-23-18-10-6-7-16(19(18)22)15-20-11-13-21(14-12-20)17-8-4-3-5-9-17/h3-10,22H,2,11-15H2,1H3. The number of phenolic OH excluding ortho intramolecular Hbond substituents is 1. The third-order valence-electron chi connectivity index (χ3n) is 4.27. The van der Waals surface area contributed by atoms with Gasteiger partial charge in [0, 0.05) is 44.0 Å². The summed E-state index contributed by atoms with van der Waals surface area (Å²) in [5, 5.41) is 10.3. The molecule has 0 radical (unpaired) electrons. The van der Waals surface area contributed by atoms with E-state index in [0.29, 0.717) is 12.4 Å². The summed E-state index contributed by atoms with van der Waals surface area (Å²) < 4.78 is 5.46. The van der Waals surface area contributed by atoms with E-state index >= 15 is 0 Å². The number of ether oxygens (including phenoxy) is 1. The Kier molecular flexibility index (Phi) is 5.03. The van der Waals surface area contributed by atoms with E-state index in [-0.39, 0.29) is 5.75 Å². The van der Waals surface area contributed by atoms with Gasteiger partial charge in [-0.1, -0.05) is 30.3 Å². The number of rotatable bonds is 5. The SMILES string of the molecule is CCOc1cccc(CN2CCN(c3ccccc3)CC2)c1O. The molecule has 1 N–H and O–H groups in total. The fraction of sp³-hybridized carbons (Fsp3) is 0.368. The minimum absolute atomic E-state index is 0.278. The second-order valence-corrected chi connectivity index (χ2v) is 5.80. The van der Waals surface area contributed by atoms with Crippen molar-refractivity contribution in [2.75, 3.05) is 37.7 Å². The largest absolute Gasteiger partial charge is 0.504 e. The first-order chi connectivity index (χ1) is 11.3. The molecule has 0 unspecified atom stereocenters. The van der Waals surface area contributed by atoms with E-state index in [1.54, 1.807) is 0 Å². The molecule has 0 atom stereocenters. The van der Waals surface area contributed by atoms with Crippen LogP contribution in [0.1, 0.15) is 12.5 Å². The summed E-state index contributed by atoms with van der Waals surface area (Å²) in [6.07, 6.45) is 0. The first kappa shape index (κ1) is 15.7. The zero-order chi connectivity index (χ0) is 16.1. The average molecular weight is 312 g/mol. The summed E-state index contributed by atoms with van der Waals surface area (Å²) in [7, 11) is 0. The van der Waals surface area contributed by atoms with Gasteiger partial charge in [0.1, 0.15) is 0 Å². The van der Waals surface area contributed by atoms with Crippen LogP contribution in [0.2, 0.25) is 0 Å². The van der Waals surface area contributed by atoms with Gasteiger partial charge in [0.05, 0.1) is 6.61 Å². The number of para-hydroxylation sites is 2. The van der Waals surface area contributed by atoms with Crippen LogP contribution in [0, 0.1) is 0 Å². The van der Waals surface area contributed by atoms with Crippen molar-refractivity contribution in [2.45, 2.75) is 13.5 Å². The van der Waals surface area contributed by atoms with E-state index < -0.39 is 0 Å². The van der Waals surface area contributed by atoms with Crippen LogP contribution < -0.4 is 9.64 Å². The van der Waals surface area contributed by atoms with Crippen molar-refractivity contribution in [2.24, 2.45) is 0 Å². The zero-order valence-corrected chi connectivity index (χ0v) is 13.6. The van der Waals surface area contributed by atoms with Crippen molar-refractivity contribution in [1.82, 2.24) is 4.90 Å². The minimum Gasteiger partial charge on any atom is -0.504 e. The molecule has 23 heavy (non-hydrogen) atoms. The Morgan fingerprint density at radius 1 is 0.957 bits per heavy atom. The van der Waals surface area contributed by atoms with Crippen LogP contribution in [-0.2, 0) is 6.54 Å². The summed E-state index contributed by atoms with van der Waals surface area (Å²) in [5.41, 5.74) is 2.22. The number of nitrogens with zero attached hydrogens (tertiary/aromatic N) is 2. The molecule has 1 fully saturated rings. The van der Waals surface area contributed by atoms with Crippen molar-refractivity contribution in [3.8, 4) is 11.5 Å². The van der Waals surface area contributed by atoms with Crippen LogP contribution in [0.3, 0.4) is 0 Å². The molecule has 0 spiro atoms. The van der Waals surface area contributed by atoms with Gasteiger partial charge in [-0.05, 0) is 25.1 Å². The Labute approximate surface area is 137 Å². The molecule has 0 amide bonds. The molecule has 2 aromatic carbocycles. The molecule has 1 saturated heterocycles. The van der Waals surface area contributed by atoms with Gasteiger partial charge in [-0.15, -0.1) is 0 Å². The lowest BCUT2D eigenvalue weighted by molar-refractivity contribution is 0.244. The number of anilines is 1. The monoisotopic (exact) mass is 312 g/mol. The fourth-order valence-corrected chi connectivity index (χ4v) is 3.01. The molecule has 2 aromatic rings. The zero-order valence-electron chi connectivity index (χ0n) is 13.6. The molecular formula is C19H24N2O2. The Morgan fingerprint density at radius 2 is 1.70 bits per heavy atom. The normalized spacial score (nSPS) is 15.6. The Hall–Kier alpha value is -2.20. The highest BCUT2D eigenvalue weighted by atomic mass is 16.5. The van der Waals surface area contributed by atoms with Crippen LogP contribution in [-0.4, -0.2) is 42.8 Å². The van der Waals surface area contributed by atoms with Crippen molar-refractivity contribution in [1.29, 1.82) is 0 Å². The highest BCUT2D eigenvalue weighted by Crippen LogP contribution is 2.31. The number of benzene rings is 2. The van der Waals surface area contributed by atoms with Crippen molar-refractivity contribution >= 4 is 5.69 Å². The van der Waals surface area contributed by atoms with Gasteiger partial charge in [0.25, 0.3) is 0 Å². The van der Waals surface area contributed by atoms with E-state index in [1.807, 2.05) is 31.2 Å². The maximum atomic E-state index is 10.3. The summed E-state index contributed by atoms with van der Waals surface area (Å²) >= 11 is 0. The quantitative estimate of drug-likeness (QED) is 0.920. The van der Waals surface area contributed by atoms with E-state index in [2.05, 4.69) is 34.1 Å². The molecule has 4 heteroatoms. The Morgan fingerprint density at radius 3 is 2.39 bits per heavy atom. The number of hydrogen-bond acceptors (Lipinski definition) is 4. The van der Waals surface area contributed by atoms with Gasteiger partial charge in [0.2, 0.25) is 0 Å². The van der Waals surface area contributed by atoms with Crippen LogP contribution in [0.5, 0.6) is 11.5 Å². The molecule has 0 aromatic heterocycles. The van der Waals surface area contributed by atoms with Crippen LogP contribution in [0.4, 0.5) is 5.69 Å². The number of hydrogen-bond donors (Lipinski definition) is 1. The third kappa shape index (κ3) is 3.77. The highest BCUT2D eigenvalue weighted by molar-refractivity contribution is 5.47. The highest BCUT2D eigenvalue weighted by Gasteiger charge is 2.19. The lowest BCUT2D eigenvalue weighted by Gasteiger charge is -2.36. The van der Waals surface area contributed by atoms with Gasteiger partial charge in [0.15, 0.2) is 11.5 Å². The maximum Gasteiger partial charge on any atom is 0.162 e. The van der Waals surface area contributed by atoms with Crippen molar-refractivity contribution < 1.29 is 9.84 Å². The smallest absolute Gasteiger partial charge is 0.162 e. The molecule has 1 heterocycles. The molecule has 0 bridgehead atoms. The fourth-order valence-electron chi connectivity index (χ4n) is 3.01. The Balaban J connectivity index is 1.60. The molecule has 4 nitrogen and oxygen atoms in total. The van der Waals surface area contributed by atoms with E-state index in [0.717, 1.165) is 38.3 Å².